The molecular formula is C18H16O8. The van der Waals surface area contributed by atoms with Crippen molar-refractivity contribution in [3.8, 4) is 40.1 Å². The predicted molar refractivity (Wildman–Crippen MR) is 92.0 cm³/mol. The summed E-state index contributed by atoms with van der Waals surface area (Å²) in [6.45, 7) is -0.0516. The average Bonchev–Trinajstić information content (AvgIpc) is 2.61. The Morgan fingerprint density at radius 1 is 1.00 bits per heavy atom. The van der Waals surface area contributed by atoms with E-state index in [9.17, 15) is 20.1 Å². The van der Waals surface area contributed by atoms with Crippen molar-refractivity contribution in [3.05, 3.63) is 40.6 Å². The topological polar surface area (TPSA) is 119 Å². The number of fused-ring (bicyclic) bond motifs is 1. The van der Waals surface area contributed by atoms with Gasteiger partial charge in [0.05, 0.1) is 7.11 Å². The lowest BCUT2D eigenvalue weighted by Crippen LogP contribution is -2.08. The van der Waals surface area contributed by atoms with E-state index in [1.165, 1.54) is 44.6 Å². The summed E-state index contributed by atoms with van der Waals surface area (Å²) in [5.74, 6) is -0.909. The van der Waals surface area contributed by atoms with Gasteiger partial charge in [0.15, 0.2) is 24.1 Å². The zero-order valence-corrected chi connectivity index (χ0v) is 14.0. The van der Waals surface area contributed by atoms with Crippen LogP contribution in [0.5, 0.6) is 28.7 Å². The first-order chi connectivity index (χ1) is 12.5. The van der Waals surface area contributed by atoms with Gasteiger partial charge in [-0.1, -0.05) is 0 Å². The number of phenols is 3. The minimum absolute atomic E-state index is 0.0311. The molecule has 136 valence electrons. The summed E-state index contributed by atoms with van der Waals surface area (Å²) in [6, 6.07) is 6.63. The lowest BCUT2D eigenvalue weighted by Gasteiger charge is -2.12. The molecule has 0 amide bonds. The maximum Gasteiger partial charge on any atom is 0.239 e. The standard InChI is InChI=1S/C18H16O8/c1-23-8-25-10-6-13(21)15-14(7-10)26-17(18(24-2)16(15)22)9-3-4-11(19)12(20)5-9/h3-7,19-21H,8H2,1-2H3. The second-order valence-corrected chi connectivity index (χ2v) is 5.36. The Bertz CT molecular complexity index is 1020. The van der Waals surface area contributed by atoms with Crippen molar-refractivity contribution in [2.75, 3.05) is 21.0 Å². The smallest absolute Gasteiger partial charge is 0.239 e. The third kappa shape index (κ3) is 2.98. The number of aromatic hydroxyl groups is 3. The first-order valence-corrected chi connectivity index (χ1v) is 7.48. The number of ether oxygens (including phenoxy) is 3. The molecule has 0 aliphatic rings. The van der Waals surface area contributed by atoms with Crippen LogP contribution >= 0.6 is 0 Å². The zero-order valence-electron chi connectivity index (χ0n) is 14.0. The lowest BCUT2D eigenvalue weighted by molar-refractivity contribution is 0.0510. The van der Waals surface area contributed by atoms with Crippen molar-refractivity contribution in [2.45, 2.75) is 0 Å². The molecule has 0 aliphatic carbocycles. The van der Waals surface area contributed by atoms with Gasteiger partial charge in [0.2, 0.25) is 11.2 Å². The van der Waals surface area contributed by atoms with Gasteiger partial charge in [-0.05, 0) is 18.2 Å². The summed E-state index contributed by atoms with van der Waals surface area (Å²) < 4.78 is 21.0. The molecule has 0 aliphatic heterocycles. The van der Waals surface area contributed by atoms with E-state index >= 15 is 0 Å². The summed E-state index contributed by atoms with van der Waals surface area (Å²) in [6.07, 6.45) is 0. The van der Waals surface area contributed by atoms with Crippen LogP contribution < -0.4 is 14.9 Å². The fraction of sp³-hybridized carbons (Fsp3) is 0.167. The quantitative estimate of drug-likeness (QED) is 0.469. The molecule has 3 rings (SSSR count). The van der Waals surface area contributed by atoms with Crippen molar-refractivity contribution in [3.63, 3.8) is 0 Å². The van der Waals surface area contributed by atoms with Crippen molar-refractivity contribution >= 4 is 11.0 Å². The van der Waals surface area contributed by atoms with E-state index in [2.05, 4.69) is 0 Å². The van der Waals surface area contributed by atoms with Crippen LogP contribution in [0.15, 0.2) is 39.5 Å². The van der Waals surface area contributed by atoms with Gasteiger partial charge in [-0.3, -0.25) is 4.79 Å². The molecule has 0 saturated heterocycles. The molecule has 0 saturated carbocycles. The van der Waals surface area contributed by atoms with Crippen LogP contribution in [0.4, 0.5) is 0 Å². The summed E-state index contributed by atoms with van der Waals surface area (Å²) in [5, 5.41) is 29.3. The minimum Gasteiger partial charge on any atom is -0.507 e. The molecule has 0 spiro atoms. The van der Waals surface area contributed by atoms with Gasteiger partial charge in [-0.15, -0.1) is 0 Å². The highest BCUT2D eigenvalue weighted by Gasteiger charge is 2.21. The summed E-state index contributed by atoms with van der Waals surface area (Å²) >= 11 is 0. The number of methoxy groups -OCH3 is 2. The molecule has 0 radical (unpaired) electrons. The van der Waals surface area contributed by atoms with E-state index in [0.717, 1.165) is 0 Å². The van der Waals surface area contributed by atoms with Gasteiger partial charge in [-0.2, -0.15) is 0 Å². The van der Waals surface area contributed by atoms with E-state index in [-0.39, 0.29) is 52.3 Å². The molecule has 0 fully saturated rings. The lowest BCUT2D eigenvalue weighted by atomic mass is 10.1. The predicted octanol–water partition coefficient (Wildman–Crippen LogP) is 2.57. The molecule has 3 aromatic rings. The summed E-state index contributed by atoms with van der Waals surface area (Å²) in [4.78, 5) is 12.7. The Kier molecular flexibility index (Phi) is 4.59. The Balaban J connectivity index is 2.28. The van der Waals surface area contributed by atoms with Gasteiger partial charge < -0.3 is 33.9 Å². The Hall–Kier alpha value is -3.39. The van der Waals surface area contributed by atoms with Gasteiger partial charge in [0, 0.05) is 24.8 Å². The highest BCUT2D eigenvalue weighted by atomic mass is 16.7. The molecule has 0 unspecified atom stereocenters. The molecule has 26 heavy (non-hydrogen) atoms. The second-order valence-electron chi connectivity index (χ2n) is 5.36. The Labute approximate surface area is 147 Å². The SMILES string of the molecule is COCOc1cc(O)c2c(=O)c(OC)c(-c3ccc(O)c(O)c3)oc2c1. The molecule has 1 heterocycles. The van der Waals surface area contributed by atoms with E-state index < -0.39 is 5.43 Å². The first kappa shape index (κ1) is 17.4. The monoisotopic (exact) mass is 360 g/mol. The largest absolute Gasteiger partial charge is 0.507 e. The van der Waals surface area contributed by atoms with Crippen LogP contribution in [-0.4, -0.2) is 36.3 Å². The maximum atomic E-state index is 12.7. The molecule has 0 bridgehead atoms. The van der Waals surface area contributed by atoms with Crippen LogP contribution in [0.3, 0.4) is 0 Å². The van der Waals surface area contributed by atoms with Crippen molar-refractivity contribution in [1.82, 2.24) is 0 Å². The molecule has 8 heteroatoms. The van der Waals surface area contributed by atoms with Crippen LogP contribution in [0.2, 0.25) is 0 Å². The van der Waals surface area contributed by atoms with Gasteiger partial charge in [0.1, 0.15) is 22.5 Å². The number of hydrogen-bond donors (Lipinski definition) is 3. The van der Waals surface area contributed by atoms with Crippen molar-refractivity contribution < 1.29 is 33.9 Å². The summed E-state index contributed by atoms with van der Waals surface area (Å²) in [7, 11) is 2.73. The molecule has 3 N–H and O–H groups in total. The maximum absolute atomic E-state index is 12.7. The molecule has 8 nitrogen and oxygen atoms in total. The van der Waals surface area contributed by atoms with Crippen LogP contribution in [-0.2, 0) is 4.74 Å². The van der Waals surface area contributed by atoms with Gasteiger partial charge in [0.25, 0.3) is 0 Å². The molecule has 1 aromatic heterocycles. The fourth-order valence-corrected chi connectivity index (χ4v) is 2.51. The molecular weight excluding hydrogens is 344 g/mol. The van der Waals surface area contributed by atoms with E-state index in [0.29, 0.717) is 5.56 Å². The Morgan fingerprint density at radius 3 is 2.42 bits per heavy atom. The van der Waals surface area contributed by atoms with Crippen LogP contribution in [0, 0.1) is 0 Å². The normalized spacial score (nSPS) is 10.8. The first-order valence-electron chi connectivity index (χ1n) is 7.48. The molecule has 0 atom stereocenters. The number of phenolic OH excluding ortho intramolecular Hbond substituents is 3. The van der Waals surface area contributed by atoms with E-state index in [1.807, 2.05) is 0 Å². The number of hydrogen-bond acceptors (Lipinski definition) is 8. The van der Waals surface area contributed by atoms with Crippen LogP contribution in [0.1, 0.15) is 0 Å². The number of benzene rings is 2. The van der Waals surface area contributed by atoms with Gasteiger partial charge >= 0.3 is 0 Å². The minimum atomic E-state index is -0.591. The van der Waals surface area contributed by atoms with E-state index in [4.69, 9.17) is 18.6 Å². The second kappa shape index (κ2) is 6.85. The Morgan fingerprint density at radius 2 is 1.77 bits per heavy atom. The highest BCUT2D eigenvalue weighted by molar-refractivity contribution is 5.88. The average molecular weight is 360 g/mol. The van der Waals surface area contributed by atoms with Crippen LogP contribution in [0.25, 0.3) is 22.3 Å². The zero-order chi connectivity index (χ0) is 18.8. The van der Waals surface area contributed by atoms with Crippen molar-refractivity contribution in [1.29, 1.82) is 0 Å². The molecule has 2 aromatic carbocycles. The van der Waals surface area contributed by atoms with Gasteiger partial charge in [-0.25, -0.2) is 0 Å². The fourth-order valence-electron chi connectivity index (χ4n) is 2.51. The third-order valence-corrected chi connectivity index (χ3v) is 3.69. The van der Waals surface area contributed by atoms with Crippen molar-refractivity contribution in [2.24, 2.45) is 0 Å². The highest BCUT2D eigenvalue weighted by Crippen LogP contribution is 2.38. The summed E-state index contributed by atoms with van der Waals surface area (Å²) in [5.41, 5.74) is -0.226. The third-order valence-electron chi connectivity index (χ3n) is 3.69. The number of rotatable bonds is 5. The van der Waals surface area contributed by atoms with E-state index in [1.54, 1.807) is 0 Å².